The van der Waals surface area contributed by atoms with E-state index in [2.05, 4.69) is 10.0 Å². The van der Waals surface area contributed by atoms with Crippen LogP contribution in [0.25, 0.3) is 0 Å². The summed E-state index contributed by atoms with van der Waals surface area (Å²) in [5.74, 6) is 0.294. The van der Waals surface area contributed by atoms with Crippen molar-refractivity contribution in [3.8, 4) is 11.5 Å². The molecule has 2 N–H and O–H groups in total. The molecule has 3 aliphatic rings. The van der Waals surface area contributed by atoms with Gasteiger partial charge in [-0.1, -0.05) is 18.9 Å². The maximum absolute atomic E-state index is 13.0. The Labute approximate surface area is 180 Å². The van der Waals surface area contributed by atoms with Crippen molar-refractivity contribution in [3.63, 3.8) is 0 Å². The smallest absolute Gasteiger partial charge is 0.258 e. The maximum Gasteiger partial charge on any atom is 0.258 e. The third kappa shape index (κ3) is 3.47. The highest BCUT2D eigenvalue weighted by atomic mass is 32.2. The highest BCUT2D eigenvalue weighted by molar-refractivity contribution is 7.89. The topological polar surface area (TPSA) is 111 Å². The maximum atomic E-state index is 13.0. The summed E-state index contributed by atoms with van der Waals surface area (Å²) in [6, 6.07) is 9.80. The fourth-order valence-electron chi connectivity index (χ4n) is 4.62. The van der Waals surface area contributed by atoms with Crippen molar-refractivity contribution in [2.24, 2.45) is 0 Å². The minimum Gasteiger partial charge on any atom is -0.486 e. The zero-order valence-corrected chi connectivity index (χ0v) is 17.6. The lowest BCUT2D eigenvalue weighted by molar-refractivity contribution is 0.0879. The molecule has 1 fully saturated rings. The van der Waals surface area contributed by atoms with Gasteiger partial charge in [0.25, 0.3) is 11.8 Å². The first-order chi connectivity index (χ1) is 14.9. The van der Waals surface area contributed by atoms with Gasteiger partial charge >= 0.3 is 0 Å². The molecule has 1 saturated carbocycles. The number of amides is 2. The van der Waals surface area contributed by atoms with Crippen LogP contribution in [0.5, 0.6) is 11.5 Å². The van der Waals surface area contributed by atoms with E-state index in [4.69, 9.17) is 9.47 Å². The van der Waals surface area contributed by atoms with Crippen LogP contribution in [0.15, 0.2) is 41.3 Å². The molecule has 2 aliphatic heterocycles. The molecule has 0 atom stereocenters. The van der Waals surface area contributed by atoms with Gasteiger partial charge in [0, 0.05) is 12.0 Å². The van der Waals surface area contributed by atoms with Crippen molar-refractivity contribution in [3.05, 3.63) is 53.1 Å². The van der Waals surface area contributed by atoms with Gasteiger partial charge in [0.05, 0.1) is 16.0 Å². The first-order valence-corrected chi connectivity index (χ1v) is 11.8. The summed E-state index contributed by atoms with van der Waals surface area (Å²) in [5, 5.41) is 2.17. The molecule has 2 amide bonds. The first kappa shape index (κ1) is 20.0. The standard InChI is InChI=1S/C22H22N2O6S/c25-20-16-5-4-15(12-17(16)21(26)24-20)31(27,28)23-13-22(7-1-2-8-22)14-3-6-18-19(11-14)30-10-9-29-18/h3-6,11-12,23H,1-2,7-10,13H2,(H,24,25,26). The van der Waals surface area contributed by atoms with Crippen LogP contribution in [0.3, 0.4) is 0 Å². The van der Waals surface area contributed by atoms with Crippen molar-refractivity contribution < 1.29 is 27.5 Å². The summed E-state index contributed by atoms with van der Waals surface area (Å²) in [7, 11) is -3.87. The quantitative estimate of drug-likeness (QED) is 0.687. The van der Waals surface area contributed by atoms with E-state index in [-0.39, 0.29) is 28.0 Å². The number of hydrogen-bond donors (Lipinski definition) is 2. The Morgan fingerprint density at radius 2 is 1.61 bits per heavy atom. The van der Waals surface area contributed by atoms with Gasteiger partial charge in [-0.05, 0) is 48.7 Å². The summed E-state index contributed by atoms with van der Waals surface area (Å²) in [6.45, 7) is 1.24. The van der Waals surface area contributed by atoms with E-state index in [1.807, 2.05) is 18.2 Å². The molecule has 31 heavy (non-hydrogen) atoms. The van der Waals surface area contributed by atoms with E-state index >= 15 is 0 Å². The van der Waals surface area contributed by atoms with Crippen LogP contribution in [0, 0.1) is 0 Å². The predicted molar refractivity (Wildman–Crippen MR) is 111 cm³/mol. The lowest BCUT2D eigenvalue weighted by atomic mass is 9.79. The summed E-state index contributed by atoms with van der Waals surface area (Å²) in [6.07, 6.45) is 3.74. The van der Waals surface area contributed by atoms with Crippen molar-refractivity contribution in [2.75, 3.05) is 19.8 Å². The molecular weight excluding hydrogens is 420 g/mol. The van der Waals surface area contributed by atoms with Gasteiger partial charge in [0.1, 0.15) is 13.2 Å². The lowest BCUT2D eigenvalue weighted by Gasteiger charge is -2.31. The average molecular weight is 442 g/mol. The normalized spacial score (nSPS) is 19.2. The van der Waals surface area contributed by atoms with Gasteiger partial charge in [-0.15, -0.1) is 0 Å². The number of imide groups is 1. The fourth-order valence-corrected chi connectivity index (χ4v) is 5.78. The highest BCUT2D eigenvalue weighted by Crippen LogP contribution is 2.44. The van der Waals surface area contributed by atoms with Crippen LogP contribution < -0.4 is 19.5 Å². The summed E-state index contributed by atoms with van der Waals surface area (Å²) in [4.78, 5) is 23.6. The molecule has 0 radical (unpaired) electrons. The zero-order valence-electron chi connectivity index (χ0n) is 16.8. The van der Waals surface area contributed by atoms with E-state index < -0.39 is 21.8 Å². The number of carbonyl (C=O) groups excluding carboxylic acids is 2. The monoisotopic (exact) mass is 442 g/mol. The molecule has 162 valence electrons. The van der Waals surface area contributed by atoms with Crippen LogP contribution in [-0.4, -0.2) is 40.0 Å². The minimum atomic E-state index is -3.87. The molecule has 0 spiro atoms. The lowest BCUT2D eigenvalue weighted by Crippen LogP contribution is -2.39. The van der Waals surface area contributed by atoms with Crippen LogP contribution in [-0.2, 0) is 15.4 Å². The molecule has 0 aromatic heterocycles. The van der Waals surface area contributed by atoms with Gasteiger partial charge < -0.3 is 9.47 Å². The largest absolute Gasteiger partial charge is 0.486 e. The van der Waals surface area contributed by atoms with Crippen LogP contribution >= 0.6 is 0 Å². The van der Waals surface area contributed by atoms with Gasteiger partial charge in [0.15, 0.2) is 11.5 Å². The molecule has 2 aromatic rings. The number of ether oxygens (including phenoxy) is 2. The van der Waals surface area contributed by atoms with Crippen molar-refractivity contribution in [1.82, 2.24) is 10.0 Å². The number of fused-ring (bicyclic) bond motifs is 2. The Bertz CT molecular complexity index is 1180. The van der Waals surface area contributed by atoms with E-state index in [9.17, 15) is 18.0 Å². The summed E-state index contributed by atoms with van der Waals surface area (Å²) in [5.41, 5.74) is 0.950. The van der Waals surface area contributed by atoms with Crippen molar-refractivity contribution >= 4 is 21.8 Å². The number of sulfonamides is 1. The van der Waals surface area contributed by atoms with E-state index in [1.165, 1.54) is 18.2 Å². The Morgan fingerprint density at radius 1 is 0.903 bits per heavy atom. The Hall–Kier alpha value is -2.91. The Balaban J connectivity index is 1.41. The van der Waals surface area contributed by atoms with Crippen molar-refractivity contribution in [1.29, 1.82) is 0 Å². The molecule has 5 rings (SSSR count). The van der Waals surface area contributed by atoms with Gasteiger partial charge in [-0.25, -0.2) is 13.1 Å². The molecule has 2 aromatic carbocycles. The van der Waals surface area contributed by atoms with Gasteiger partial charge in [-0.2, -0.15) is 0 Å². The molecular formula is C22H22N2O6S. The number of carbonyl (C=O) groups is 2. The molecule has 9 heteroatoms. The zero-order chi connectivity index (χ0) is 21.6. The van der Waals surface area contributed by atoms with Crippen LogP contribution in [0.1, 0.15) is 52.0 Å². The second-order valence-electron chi connectivity index (χ2n) is 8.16. The van der Waals surface area contributed by atoms with Gasteiger partial charge in [0.2, 0.25) is 10.0 Å². The summed E-state index contributed by atoms with van der Waals surface area (Å²) < 4.78 is 40.1. The average Bonchev–Trinajstić information content (AvgIpc) is 3.37. The SMILES string of the molecule is O=C1NC(=O)c2cc(S(=O)(=O)NCC3(c4ccc5c(c4)OCCO5)CCCC3)ccc21. The number of nitrogens with one attached hydrogen (secondary N) is 2. The van der Waals surface area contributed by atoms with E-state index in [0.717, 1.165) is 31.2 Å². The second kappa shape index (κ2) is 7.35. The van der Waals surface area contributed by atoms with Crippen LogP contribution in [0.4, 0.5) is 0 Å². The summed E-state index contributed by atoms with van der Waals surface area (Å²) >= 11 is 0. The molecule has 1 aliphatic carbocycles. The second-order valence-corrected chi connectivity index (χ2v) is 9.93. The molecule has 2 heterocycles. The number of benzene rings is 2. The molecule has 0 bridgehead atoms. The number of rotatable bonds is 5. The Kier molecular flexibility index (Phi) is 4.75. The van der Waals surface area contributed by atoms with Gasteiger partial charge in [-0.3, -0.25) is 14.9 Å². The Morgan fingerprint density at radius 3 is 2.39 bits per heavy atom. The fraction of sp³-hybridized carbons (Fsp3) is 0.364. The minimum absolute atomic E-state index is 0.0357. The molecule has 8 nitrogen and oxygen atoms in total. The molecule has 0 saturated heterocycles. The predicted octanol–water partition coefficient (Wildman–Crippen LogP) is 2.13. The van der Waals surface area contributed by atoms with Crippen molar-refractivity contribution in [2.45, 2.75) is 36.0 Å². The highest BCUT2D eigenvalue weighted by Gasteiger charge is 2.38. The van der Waals surface area contributed by atoms with E-state index in [1.54, 1.807) is 0 Å². The number of hydrogen-bond acceptors (Lipinski definition) is 6. The third-order valence-corrected chi connectivity index (χ3v) is 7.73. The molecule has 0 unspecified atom stereocenters. The third-order valence-electron chi connectivity index (χ3n) is 6.33. The van der Waals surface area contributed by atoms with Crippen LogP contribution in [0.2, 0.25) is 0 Å². The van der Waals surface area contributed by atoms with E-state index in [0.29, 0.717) is 24.7 Å². The first-order valence-electron chi connectivity index (χ1n) is 10.3.